The molecule has 3 unspecified atom stereocenters. The van der Waals surface area contributed by atoms with Crippen molar-refractivity contribution in [2.75, 3.05) is 26.2 Å². The molecule has 4 nitrogen and oxygen atoms in total. The molecular weight excluding hydrogens is 240 g/mol. The van der Waals surface area contributed by atoms with Gasteiger partial charge in [0.2, 0.25) is 0 Å². The van der Waals surface area contributed by atoms with E-state index in [2.05, 4.69) is 10.2 Å². The van der Waals surface area contributed by atoms with Crippen LogP contribution in [0, 0.1) is 5.92 Å². The SMILES string of the molecule is CC(O)C1CC(NCCO)CN(C2CCCCC2)C1. The summed E-state index contributed by atoms with van der Waals surface area (Å²) in [5.41, 5.74) is 0. The van der Waals surface area contributed by atoms with Crippen LogP contribution in [0.5, 0.6) is 0 Å². The van der Waals surface area contributed by atoms with E-state index in [4.69, 9.17) is 5.11 Å². The monoisotopic (exact) mass is 270 g/mol. The number of nitrogens with one attached hydrogen (secondary N) is 1. The van der Waals surface area contributed by atoms with Crippen molar-refractivity contribution in [1.29, 1.82) is 0 Å². The minimum atomic E-state index is -0.232. The number of hydrogen-bond donors (Lipinski definition) is 3. The zero-order valence-corrected chi connectivity index (χ0v) is 12.2. The predicted octanol–water partition coefficient (Wildman–Crippen LogP) is 0.972. The molecule has 112 valence electrons. The first kappa shape index (κ1) is 15.2. The maximum atomic E-state index is 9.93. The molecule has 1 heterocycles. The molecule has 3 N–H and O–H groups in total. The average Bonchev–Trinajstić information content (AvgIpc) is 2.45. The number of piperidine rings is 1. The summed E-state index contributed by atoms with van der Waals surface area (Å²) >= 11 is 0. The maximum Gasteiger partial charge on any atom is 0.0556 e. The lowest BCUT2D eigenvalue weighted by Gasteiger charge is -2.44. The van der Waals surface area contributed by atoms with Gasteiger partial charge in [-0.3, -0.25) is 4.90 Å². The number of rotatable bonds is 5. The molecule has 2 aliphatic rings. The first-order valence-electron chi connectivity index (χ1n) is 7.97. The van der Waals surface area contributed by atoms with Gasteiger partial charge in [0.15, 0.2) is 0 Å². The van der Waals surface area contributed by atoms with Crippen LogP contribution in [-0.2, 0) is 0 Å². The second-order valence-corrected chi connectivity index (χ2v) is 6.36. The van der Waals surface area contributed by atoms with Gasteiger partial charge in [-0.15, -0.1) is 0 Å². The number of aliphatic hydroxyl groups excluding tert-OH is 2. The molecule has 0 amide bonds. The van der Waals surface area contributed by atoms with Gasteiger partial charge in [-0.05, 0) is 32.1 Å². The fourth-order valence-electron chi connectivity index (χ4n) is 3.68. The highest BCUT2D eigenvalue weighted by Crippen LogP contribution is 2.28. The van der Waals surface area contributed by atoms with E-state index in [0.29, 0.717) is 24.5 Å². The van der Waals surface area contributed by atoms with Crippen molar-refractivity contribution < 1.29 is 10.2 Å². The molecule has 3 atom stereocenters. The van der Waals surface area contributed by atoms with Gasteiger partial charge in [-0.2, -0.15) is 0 Å². The highest BCUT2D eigenvalue weighted by molar-refractivity contribution is 4.89. The third-order valence-electron chi connectivity index (χ3n) is 4.83. The first-order valence-corrected chi connectivity index (χ1v) is 7.97. The molecule has 19 heavy (non-hydrogen) atoms. The third-order valence-corrected chi connectivity index (χ3v) is 4.83. The summed E-state index contributed by atoms with van der Waals surface area (Å²) in [4.78, 5) is 2.59. The highest BCUT2D eigenvalue weighted by Gasteiger charge is 2.33. The van der Waals surface area contributed by atoms with E-state index in [0.717, 1.165) is 19.5 Å². The van der Waals surface area contributed by atoms with Gasteiger partial charge in [0.1, 0.15) is 0 Å². The Morgan fingerprint density at radius 2 is 1.95 bits per heavy atom. The Bertz CT molecular complexity index is 255. The summed E-state index contributed by atoms with van der Waals surface area (Å²) in [6.07, 6.45) is 7.53. The molecule has 2 rings (SSSR count). The second-order valence-electron chi connectivity index (χ2n) is 6.36. The minimum Gasteiger partial charge on any atom is -0.395 e. The van der Waals surface area contributed by atoms with Gasteiger partial charge in [0.25, 0.3) is 0 Å². The molecule has 0 radical (unpaired) electrons. The molecule has 0 bridgehead atoms. The van der Waals surface area contributed by atoms with Crippen molar-refractivity contribution in [3.05, 3.63) is 0 Å². The summed E-state index contributed by atoms with van der Waals surface area (Å²) in [6.45, 7) is 4.89. The Morgan fingerprint density at radius 3 is 2.58 bits per heavy atom. The van der Waals surface area contributed by atoms with Crippen LogP contribution in [0.25, 0.3) is 0 Å². The van der Waals surface area contributed by atoms with Gasteiger partial charge in [-0.1, -0.05) is 19.3 Å². The summed E-state index contributed by atoms with van der Waals surface area (Å²) in [5, 5.41) is 22.3. The van der Waals surface area contributed by atoms with E-state index >= 15 is 0 Å². The molecule has 1 saturated heterocycles. The smallest absolute Gasteiger partial charge is 0.0556 e. The largest absolute Gasteiger partial charge is 0.395 e. The Kier molecular flexibility index (Phi) is 6.07. The normalized spacial score (nSPS) is 32.4. The number of nitrogens with zero attached hydrogens (tertiary/aromatic N) is 1. The van der Waals surface area contributed by atoms with E-state index in [-0.39, 0.29) is 12.7 Å². The van der Waals surface area contributed by atoms with E-state index in [1.165, 1.54) is 32.1 Å². The molecule has 0 spiro atoms. The molecular formula is C15H30N2O2. The third kappa shape index (κ3) is 4.42. The fraction of sp³-hybridized carbons (Fsp3) is 1.00. The van der Waals surface area contributed by atoms with Crippen LogP contribution in [0.2, 0.25) is 0 Å². The highest BCUT2D eigenvalue weighted by atomic mass is 16.3. The number of hydrogen-bond acceptors (Lipinski definition) is 4. The van der Waals surface area contributed by atoms with Gasteiger partial charge in [0.05, 0.1) is 12.7 Å². The van der Waals surface area contributed by atoms with Crippen LogP contribution in [0.15, 0.2) is 0 Å². The number of likely N-dealkylation sites (tertiary alicyclic amines) is 1. The van der Waals surface area contributed by atoms with Crippen molar-refractivity contribution in [2.45, 2.75) is 63.6 Å². The quantitative estimate of drug-likeness (QED) is 0.697. The van der Waals surface area contributed by atoms with Gasteiger partial charge >= 0.3 is 0 Å². The van der Waals surface area contributed by atoms with Crippen molar-refractivity contribution in [3.63, 3.8) is 0 Å². The van der Waals surface area contributed by atoms with Crippen LogP contribution < -0.4 is 5.32 Å². The van der Waals surface area contributed by atoms with Gasteiger partial charge in [0, 0.05) is 31.7 Å². The topological polar surface area (TPSA) is 55.7 Å². The van der Waals surface area contributed by atoms with E-state index in [1.807, 2.05) is 6.92 Å². The molecule has 1 aliphatic carbocycles. The molecule has 1 aliphatic heterocycles. The standard InChI is InChI=1S/C15H30N2O2/c1-12(19)13-9-14(16-7-8-18)11-17(10-13)15-5-3-2-4-6-15/h12-16,18-19H,2-11H2,1H3. The maximum absolute atomic E-state index is 9.93. The zero-order valence-electron chi connectivity index (χ0n) is 12.2. The van der Waals surface area contributed by atoms with Crippen molar-refractivity contribution in [2.24, 2.45) is 5.92 Å². The van der Waals surface area contributed by atoms with Crippen LogP contribution >= 0.6 is 0 Å². The van der Waals surface area contributed by atoms with E-state index in [1.54, 1.807) is 0 Å². The summed E-state index contributed by atoms with van der Waals surface area (Å²) < 4.78 is 0. The first-order chi connectivity index (χ1) is 9.20. The van der Waals surface area contributed by atoms with Crippen LogP contribution in [-0.4, -0.2) is 59.5 Å². The number of aliphatic hydroxyl groups is 2. The van der Waals surface area contributed by atoms with Gasteiger partial charge in [-0.25, -0.2) is 0 Å². The zero-order chi connectivity index (χ0) is 13.7. The summed E-state index contributed by atoms with van der Waals surface area (Å²) in [6, 6.07) is 1.14. The fourth-order valence-corrected chi connectivity index (χ4v) is 3.68. The van der Waals surface area contributed by atoms with Crippen LogP contribution in [0.4, 0.5) is 0 Å². The predicted molar refractivity (Wildman–Crippen MR) is 77.1 cm³/mol. The van der Waals surface area contributed by atoms with Crippen LogP contribution in [0.3, 0.4) is 0 Å². The Labute approximate surface area is 117 Å². The molecule has 1 saturated carbocycles. The summed E-state index contributed by atoms with van der Waals surface area (Å²) in [5.74, 6) is 0.367. The average molecular weight is 270 g/mol. The second kappa shape index (κ2) is 7.58. The van der Waals surface area contributed by atoms with E-state index in [9.17, 15) is 5.11 Å². The Balaban J connectivity index is 1.92. The Hall–Kier alpha value is -0.160. The molecule has 2 fully saturated rings. The van der Waals surface area contributed by atoms with Crippen molar-refractivity contribution in [1.82, 2.24) is 10.2 Å². The summed E-state index contributed by atoms with van der Waals surface area (Å²) in [7, 11) is 0. The Morgan fingerprint density at radius 1 is 1.21 bits per heavy atom. The minimum absolute atomic E-state index is 0.194. The van der Waals surface area contributed by atoms with Crippen molar-refractivity contribution >= 4 is 0 Å². The lowest BCUT2D eigenvalue weighted by atomic mass is 9.86. The molecule has 4 heteroatoms. The molecule has 0 aromatic heterocycles. The van der Waals surface area contributed by atoms with Crippen LogP contribution in [0.1, 0.15) is 45.4 Å². The van der Waals surface area contributed by atoms with E-state index < -0.39 is 0 Å². The lowest BCUT2D eigenvalue weighted by molar-refractivity contribution is 0.0202. The van der Waals surface area contributed by atoms with Crippen molar-refractivity contribution in [3.8, 4) is 0 Å². The molecule has 0 aromatic rings. The van der Waals surface area contributed by atoms with Gasteiger partial charge < -0.3 is 15.5 Å². The molecule has 0 aromatic carbocycles. The lowest BCUT2D eigenvalue weighted by Crippen LogP contribution is -2.55.